The van der Waals surface area contributed by atoms with Crippen molar-refractivity contribution in [2.24, 2.45) is 5.92 Å². The standard InChI is InChI=1S/C15H18BrClO/c16-13-8-7-12(10-14(13)17)15(18)9-6-11-4-2-1-3-5-11/h7-8,10-11H,1-6,9H2. The van der Waals surface area contributed by atoms with E-state index < -0.39 is 0 Å². The van der Waals surface area contributed by atoms with E-state index in [1.807, 2.05) is 12.1 Å². The molecule has 18 heavy (non-hydrogen) atoms. The Bertz CT molecular complexity index is 425. The van der Waals surface area contributed by atoms with E-state index in [1.165, 1.54) is 32.1 Å². The normalized spacial score (nSPS) is 16.8. The lowest BCUT2D eigenvalue weighted by Crippen LogP contribution is -2.09. The van der Waals surface area contributed by atoms with Gasteiger partial charge < -0.3 is 0 Å². The van der Waals surface area contributed by atoms with Crippen LogP contribution in [0.4, 0.5) is 0 Å². The van der Waals surface area contributed by atoms with Crippen LogP contribution in [0.25, 0.3) is 0 Å². The van der Waals surface area contributed by atoms with Gasteiger partial charge in [0, 0.05) is 16.5 Å². The molecule has 98 valence electrons. The summed E-state index contributed by atoms with van der Waals surface area (Å²) < 4.78 is 0.841. The second-order valence-corrected chi connectivity index (χ2v) is 6.36. The van der Waals surface area contributed by atoms with Gasteiger partial charge in [0.15, 0.2) is 5.78 Å². The molecule has 1 fully saturated rings. The monoisotopic (exact) mass is 328 g/mol. The number of rotatable bonds is 4. The average molecular weight is 330 g/mol. The summed E-state index contributed by atoms with van der Waals surface area (Å²) >= 11 is 9.34. The molecule has 0 N–H and O–H groups in total. The van der Waals surface area contributed by atoms with Crippen LogP contribution in [0.15, 0.2) is 22.7 Å². The minimum absolute atomic E-state index is 0.218. The van der Waals surface area contributed by atoms with Crippen LogP contribution in [-0.2, 0) is 0 Å². The fraction of sp³-hybridized carbons (Fsp3) is 0.533. The summed E-state index contributed by atoms with van der Waals surface area (Å²) in [5.74, 6) is 0.976. The summed E-state index contributed by atoms with van der Waals surface area (Å²) in [6, 6.07) is 5.45. The minimum Gasteiger partial charge on any atom is -0.294 e. The van der Waals surface area contributed by atoms with Crippen LogP contribution in [-0.4, -0.2) is 5.78 Å². The van der Waals surface area contributed by atoms with Crippen molar-refractivity contribution in [1.82, 2.24) is 0 Å². The first-order valence-electron chi connectivity index (χ1n) is 6.65. The highest BCUT2D eigenvalue weighted by Gasteiger charge is 2.15. The van der Waals surface area contributed by atoms with E-state index in [1.54, 1.807) is 6.07 Å². The Kier molecular flexibility index (Phi) is 5.25. The van der Waals surface area contributed by atoms with E-state index in [9.17, 15) is 4.79 Å². The number of benzene rings is 1. The predicted molar refractivity (Wildman–Crippen MR) is 79.3 cm³/mol. The van der Waals surface area contributed by atoms with Crippen molar-refractivity contribution in [1.29, 1.82) is 0 Å². The molecule has 0 atom stereocenters. The van der Waals surface area contributed by atoms with Crippen molar-refractivity contribution >= 4 is 33.3 Å². The maximum atomic E-state index is 12.1. The zero-order chi connectivity index (χ0) is 13.0. The highest BCUT2D eigenvalue weighted by molar-refractivity contribution is 9.10. The number of ketones is 1. The Morgan fingerprint density at radius 1 is 1.28 bits per heavy atom. The van der Waals surface area contributed by atoms with Gasteiger partial charge in [0.2, 0.25) is 0 Å². The lowest BCUT2D eigenvalue weighted by molar-refractivity contribution is 0.0970. The minimum atomic E-state index is 0.218. The van der Waals surface area contributed by atoms with Crippen LogP contribution in [0.3, 0.4) is 0 Å². The Morgan fingerprint density at radius 2 is 2.00 bits per heavy atom. The van der Waals surface area contributed by atoms with Crippen LogP contribution in [0.1, 0.15) is 55.3 Å². The van der Waals surface area contributed by atoms with Gasteiger partial charge in [0.1, 0.15) is 0 Å². The van der Waals surface area contributed by atoms with Crippen molar-refractivity contribution < 1.29 is 4.79 Å². The molecule has 1 aromatic rings. The van der Waals surface area contributed by atoms with Gasteiger partial charge in [-0.1, -0.05) is 49.8 Å². The second kappa shape index (κ2) is 6.72. The van der Waals surface area contributed by atoms with Crippen molar-refractivity contribution in [2.75, 3.05) is 0 Å². The van der Waals surface area contributed by atoms with Crippen molar-refractivity contribution in [3.8, 4) is 0 Å². The summed E-state index contributed by atoms with van der Waals surface area (Å²) in [4.78, 5) is 12.1. The topological polar surface area (TPSA) is 17.1 Å². The van der Waals surface area contributed by atoms with E-state index in [0.717, 1.165) is 22.4 Å². The number of halogens is 2. The molecule has 2 rings (SSSR count). The van der Waals surface area contributed by atoms with Crippen LogP contribution in [0.2, 0.25) is 5.02 Å². The summed E-state index contributed by atoms with van der Waals surface area (Å²) in [7, 11) is 0. The lowest BCUT2D eigenvalue weighted by Gasteiger charge is -2.20. The molecule has 0 radical (unpaired) electrons. The number of Topliss-reactive ketones (excluding diaryl/α,β-unsaturated/α-hetero) is 1. The second-order valence-electron chi connectivity index (χ2n) is 5.09. The van der Waals surface area contributed by atoms with Crippen molar-refractivity contribution in [3.63, 3.8) is 0 Å². The summed E-state index contributed by atoms with van der Waals surface area (Å²) in [5, 5.41) is 0.610. The van der Waals surface area contributed by atoms with E-state index in [2.05, 4.69) is 15.9 Å². The molecule has 0 aliphatic heterocycles. The molecule has 1 aliphatic carbocycles. The molecule has 0 unspecified atom stereocenters. The van der Waals surface area contributed by atoms with Crippen LogP contribution in [0.5, 0.6) is 0 Å². The number of carbonyl (C=O) groups excluding carboxylic acids is 1. The fourth-order valence-electron chi connectivity index (χ4n) is 2.62. The zero-order valence-electron chi connectivity index (χ0n) is 10.4. The molecular weight excluding hydrogens is 312 g/mol. The quantitative estimate of drug-likeness (QED) is 0.653. The molecule has 3 heteroatoms. The summed E-state index contributed by atoms with van der Waals surface area (Å²) in [6.07, 6.45) is 8.33. The van der Waals surface area contributed by atoms with E-state index in [0.29, 0.717) is 11.4 Å². The van der Waals surface area contributed by atoms with Crippen molar-refractivity contribution in [2.45, 2.75) is 44.9 Å². The largest absolute Gasteiger partial charge is 0.294 e. The molecule has 0 bridgehead atoms. The molecule has 1 aromatic carbocycles. The first-order chi connectivity index (χ1) is 8.66. The Balaban J connectivity index is 1.88. The molecule has 1 nitrogen and oxygen atoms in total. The zero-order valence-corrected chi connectivity index (χ0v) is 12.8. The summed E-state index contributed by atoms with van der Waals surface area (Å²) in [6.45, 7) is 0. The molecule has 1 saturated carbocycles. The van der Waals surface area contributed by atoms with Gasteiger partial charge in [-0.05, 0) is 40.4 Å². The maximum Gasteiger partial charge on any atom is 0.162 e. The van der Waals surface area contributed by atoms with Crippen LogP contribution < -0.4 is 0 Å². The van der Waals surface area contributed by atoms with Gasteiger partial charge in [-0.25, -0.2) is 0 Å². The number of hydrogen-bond donors (Lipinski definition) is 0. The molecule has 0 aromatic heterocycles. The van der Waals surface area contributed by atoms with Crippen molar-refractivity contribution in [3.05, 3.63) is 33.3 Å². The molecule has 0 amide bonds. The van der Waals surface area contributed by atoms with E-state index >= 15 is 0 Å². The first-order valence-corrected chi connectivity index (χ1v) is 7.82. The Hall–Kier alpha value is -0.340. The van der Waals surface area contributed by atoms with Gasteiger partial charge in [0.05, 0.1) is 5.02 Å². The average Bonchev–Trinajstić information content (AvgIpc) is 2.40. The Morgan fingerprint density at radius 3 is 2.67 bits per heavy atom. The molecule has 1 aliphatic rings. The summed E-state index contributed by atoms with van der Waals surface area (Å²) in [5.41, 5.74) is 0.735. The van der Waals surface area contributed by atoms with Crippen LogP contribution in [0, 0.1) is 5.92 Å². The van der Waals surface area contributed by atoms with Gasteiger partial charge in [-0.15, -0.1) is 0 Å². The molecule has 0 spiro atoms. The first kappa shape index (κ1) is 14.1. The van der Waals surface area contributed by atoms with Gasteiger partial charge in [-0.3, -0.25) is 4.79 Å². The third-order valence-corrected chi connectivity index (χ3v) is 4.98. The fourth-order valence-corrected chi connectivity index (χ4v) is 3.05. The molecule has 0 heterocycles. The predicted octanol–water partition coefficient (Wildman–Crippen LogP) is 5.65. The number of hydrogen-bond acceptors (Lipinski definition) is 1. The highest BCUT2D eigenvalue weighted by Crippen LogP contribution is 2.28. The van der Waals surface area contributed by atoms with Gasteiger partial charge in [0.25, 0.3) is 0 Å². The third kappa shape index (κ3) is 3.83. The molecular formula is C15H18BrClO. The number of carbonyl (C=O) groups is 1. The SMILES string of the molecule is O=C(CCC1CCCCC1)c1ccc(Br)c(Cl)c1. The Labute approximate surface area is 122 Å². The van der Waals surface area contributed by atoms with E-state index in [-0.39, 0.29) is 5.78 Å². The third-order valence-electron chi connectivity index (χ3n) is 3.75. The maximum absolute atomic E-state index is 12.1. The lowest BCUT2D eigenvalue weighted by atomic mass is 9.85. The van der Waals surface area contributed by atoms with Crippen LogP contribution >= 0.6 is 27.5 Å². The smallest absolute Gasteiger partial charge is 0.162 e. The van der Waals surface area contributed by atoms with Gasteiger partial charge >= 0.3 is 0 Å². The highest BCUT2D eigenvalue weighted by atomic mass is 79.9. The molecule has 0 saturated heterocycles. The van der Waals surface area contributed by atoms with Gasteiger partial charge in [-0.2, -0.15) is 0 Å². The van der Waals surface area contributed by atoms with E-state index in [4.69, 9.17) is 11.6 Å².